The van der Waals surface area contributed by atoms with Gasteiger partial charge in [0.2, 0.25) is 0 Å². The molecule has 0 aliphatic carbocycles. The summed E-state index contributed by atoms with van der Waals surface area (Å²) in [6.45, 7) is 2.19. The van der Waals surface area contributed by atoms with Gasteiger partial charge in [0.05, 0.1) is 0 Å². The highest BCUT2D eigenvalue weighted by molar-refractivity contribution is 9.10. The summed E-state index contributed by atoms with van der Waals surface area (Å²) in [5, 5.41) is 0. The number of aryl methyl sites for hydroxylation is 1. The predicted octanol–water partition coefficient (Wildman–Crippen LogP) is 3.05. The number of hydrogen-bond donors (Lipinski definition) is 0. The van der Waals surface area contributed by atoms with Crippen LogP contribution < -0.4 is 0 Å². The number of imidazole rings is 1. The normalized spacial score (nSPS) is 10.9. The number of rotatable bonds is 2. The Hall–Kier alpha value is -0.830. The van der Waals surface area contributed by atoms with Crippen molar-refractivity contribution in [3.63, 3.8) is 0 Å². The van der Waals surface area contributed by atoms with Gasteiger partial charge in [0.25, 0.3) is 0 Å². The van der Waals surface area contributed by atoms with Crippen LogP contribution in [-0.2, 0) is 6.42 Å². The first-order valence-electron chi connectivity index (χ1n) is 4.42. The molecule has 0 radical (unpaired) electrons. The summed E-state index contributed by atoms with van der Waals surface area (Å²) in [6.07, 6.45) is 6.32. The molecule has 2 rings (SSSR count). The Kier molecular flexibility index (Phi) is 2.36. The van der Waals surface area contributed by atoms with Crippen LogP contribution >= 0.6 is 15.9 Å². The van der Waals surface area contributed by atoms with Crippen LogP contribution in [0.25, 0.3) is 5.65 Å². The fourth-order valence-corrected chi connectivity index (χ4v) is 1.84. The van der Waals surface area contributed by atoms with Gasteiger partial charge < -0.3 is 4.40 Å². The zero-order valence-corrected chi connectivity index (χ0v) is 9.08. The molecule has 0 aromatic carbocycles. The van der Waals surface area contributed by atoms with Crippen LogP contribution in [0.3, 0.4) is 0 Å². The molecule has 0 aliphatic heterocycles. The Labute approximate surface area is 85.7 Å². The largest absolute Gasteiger partial charge is 0.306 e. The molecule has 2 aromatic heterocycles. The van der Waals surface area contributed by atoms with Gasteiger partial charge in [-0.3, -0.25) is 0 Å². The first-order valence-corrected chi connectivity index (χ1v) is 5.22. The van der Waals surface area contributed by atoms with Crippen LogP contribution in [0.1, 0.15) is 18.9 Å². The molecule has 0 saturated heterocycles. The van der Waals surface area contributed by atoms with Gasteiger partial charge in [-0.05, 0) is 40.0 Å². The molecule has 2 aromatic rings. The molecule has 68 valence electrons. The Balaban J connectivity index is 2.48. The van der Waals surface area contributed by atoms with E-state index in [9.17, 15) is 0 Å². The van der Waals surface area contributed by atoms with Gasteiger partial charge in [-0.15, -0.1) is 0 Å². The number of pyridine rings is 1. The number of fused-ring (bicyclic) bond motifs is 1. The summed E-state index contributed by atoms with van der Waals surface area (Å²) >= 11 is 3.36. The molecule has 2 nitrogen and oxygen atoms in total. The van der Waals surface area contributed by atoms with Crippen molar-refractivity contribution < 1.29 is 0 Å². The summed E-state index contributed by atoms with van der Waals surface area (Å²) in [4.78, 5) is 4.34. The van der Waals surface area contributed by atoms with Gasteiger partial charge in [-0.25, -0.2) is 4.98 Å². The average molecular weight is 239 g/mol. The van der Waals surface area contributed by atoms with Gasteiger partial charge in [-0.1, -0.05) is 13.3 Å². The summed E-state index contributed by atoms with van der Waals surface area (Å²) in [5.41, 5.74) is 2.37. The number of hydrogen-bond acceptors (Lipinski definition) is 1. The number of halogens is 1. The first-order chi connectivity index (χ1) is 6.29. The monoisotopic (exact) mass is 238 g/mol. The molecule has 0 saturated carbocycles. The summed E-state index contributed by atoms with van der Waals surface area (Å²) < 4.78 is 2.91. The van der Waals surface area contributed by atoms with E-state index in [0.717, 1.165) is 16.7 Å². The van der Waals surface area contributed by atoms with Crippen molar-refractivity contribution in [3.8, 4) is 0 Å². The zero-order valence-electron chi connectivity index (χ0n) is 7.50. The lowest BCUT2D eigenvalue weighted by Crippen LogP contribution is -1.87. The van der Waals surface area contributed by atoms with E-state index in [1.54, 1.807) is 0 Å². The Morgan fingerprint density at radius 3 is 3.15 bits per heavy atom. The van der Waals surface area contributed by atoms with Crippen LogP contribution in [0.5, 0.6) is 0 Å². The highest BCUT2D eigenvalue weighted by Gasteiger charge is 1.98. The second-order valence-electron chi connectivity index (χ2n) is 3.11. The highest BCUT2D eigenvalue weighted by atomic mass is 79.9. The highest BCUT2D eigenvalue weighted by Crippen LogP contribution is 2.13. The molecule has 3 heteroatoms. The molecule has 0 bridgehead atoms. The van der Waals surface area contributed by atoms with Gasteiger partial charge in [-0.2, -0.15) is 0 Å². The third-order valence-corrected chi connectivity index (χ3v) is 2.42. The van der Waals surface area contributed by atoms with Crippen molar-refractivity contribution in [2.75, 3.05) is 0 Å². The van der Waals surface area contributed by atoms with Crippen molar-refractivity contribution in [2.45, 2.75) is 19.8 Å². The molecule has 13 heavy (non-hydrogen) atoms. The molecule has 0 amide bonds. The minimum atomic E-state index is 0.890. The van der Waals surface area contributed by atoms with Gasteiger partial charge in [0.15, 0.2) is 0 Å². The van der Waals surface area contributed by atoms with E-state index in [1.165, 1.54) is 12.0 Å². The maximum absolute atomic E-state index is 4.34. The molecule has 0 fully saturated rings. The topological polar surface area (TPSA) is 17.3 Å². The molecule has 0 atom stereocenters. The molecular weight excluding hydrogens is 228 g/mol. The van der Waals surface area contributed by atoms with E-state index in [4.69, 9.17) is 0 Å². The van der Waals surface area contributed by atoms with Crippen molar-refractivity contribution in [3.05, 3.63) is 34.7 Å². The lowest BCUT2D eigenvalue weighted by Gasteiger charge is -1.98. The standard InChI is InChI=1S/C10H11BrN2/c1-2-3-8-4-5-13-7-9(11)12-10(13)6-8/h4-7H,2-3H2,1H3. The maximum atomic E-state index is 4.34. The van der Waals surface area contributed by atoms with Gasteiger partial charge >= 0.3 is 0 Å². The van der Waals surface area contributed by atoms with Crippen LogP contribution in [0.2, 0.25) is 0 Å². The SMILES string of the molecule is CCCc1ccn2cc(Br)nc2c1. The second-order valence-corrected chi connectivity index (χ2v) is 3.93. The smallest absolute Gasteiger partial charge is 0.138 e. The summed E-state index contributed by atoms with van der Waals surface area (Å²) in [6, 6.07) is 4.28. The predicted molar refractivity (Wildman–Crippen MR) is 56.9 cm³/mol. The fraction of sp³-hybridized carbons (Fsp3) is 0.300. The molecular formula is C10H11BrN2. The average Bonchev–Trinajstić information content (AvgIpc) is 2.44. The van der Waals surface area contributed by atoms with E-state index >= 15 is 0 Å². The zero-order chi connectivity index (χ0) is 9.26. The fourth-order valence-electron chi connectivity index (χ4n) is 1.44. The van der Waals surface area contributed by atoms with Crippen LogP contribution in [0.4, 0.5) is 0 Å². The third-order valence-electron chi connectivity index (χ3n) is 2.03. The molecule has 0 N–H and O–H groups in total. The molecule has 0 unspecified atom stereocenters. The van der Waals surface area contributed by atoms with E-state index in [2.05, 4.69) is 46.2 Å². The van der Waals surface area contributed by atoms with Crippen molar-refractivity contribution in [1.82, 2.24) is 9.38 Å². The number of aromatic nitrogens is 2. The Morgan fingerprint density at radius 2 is 2.38 bits per heavy atom. The lowest BCUT2D eigenvalue weighted by molar-refractivity contribution is 0.917. The van der Waals surface area contributed by atoms with Crippen LogP contribution in [0, 0.1) is 0 Å². The quantitative estimate of drug-likeness (QED) is 0.787. The van der Waals surface area contributed by atoms with E-state index in [-0.39, 0.29) is 0 Å². The Morgan fingerprint density at radius 1 is 1.54 bits per heavy atom. The van der Waals surface area contributed by atoms with Crippen LogP contribution in [0.15, 0.2) is 29.1 Å². The minimum Gasteiger partial charge on any atom is -0.306 e. The van der Waals surface area contributed by atoms with E-state index < -0.39 is 0 Å². The van der Waals surface area contributed by atoms with Gasteiger partial charge in [0.1, 0.15) is 10.3 Å². The lowest BCUT2D eigenvalue weighted by atomic mass is 10.1. The van der Waals surface area contributed by atoms with Crippen molar-refractivity contribution >= 4 is 21.6 Å². The molecule has 0 spiro atoms. The minimum absolute atomic E-state index is 0.890. The third kappa shape index (κ3) is 1.75. The van der Waals surface area contributed by atoms with Crippen LogP contribution in [-0.4, -0.2) is 9.38 Å². The van der Waals surface area contributed by atoms with Gasteiger partial charge in [0, 0.05) is 12.4 Å². The van der Waals surface area contributed by atoms with Crippen molar-refractivity contribution in [2.24, 2.45) is 0 Å². The second kappa shape index (κ2) is 3.50. The Bertz CT molecular complexity index is 420. The summed E-state index contributed by atoms with van der Waals surface area (Å²) in [5.74, 6) is 0. The van der Waals surface area contributed by atoms with E-state index in [1.807, 2.05) is 10.6 Å². The maximum Gasteiger partial charge on any atom is 0.138 e. The summed E-state index contributed by atoms with van der Waals surface area (Å²) in [7, 11) is 0. The first kappa shape index (κ1) is 8.75. The van der Waals surface area contributed by atoms with E-state index in [0.29, 0.717) is 0 Å². The molecule has 2 heterocycles. The number of nitrogens with zero attached hydrogens (tertiary/aromatic N) is 2. The van der Waals surface area contributed by atoms with Crippen molar-refractivity contribution in [1.29, 1.82) is 0 Å². The molecule has 0 aliphatic rings.